The number of carbonyl (C=O) groups is 12. The van der Waals surface area contributed by atoms with Crippen LogP contribution in [0.1, 0.15) is 130 Å². The zero-order valence-corrected chi connectivity index (χ0v) is 77.2. The first kappa shape index (κ1) is 104. The summed E-state index contributed by atoms with van der Waals surface area (Å²) in [7, 11) is 5.81. The molecule has 3 fully saturated rings. The van der Waals surface area contributed by atoms with Gasteiger partial charge in [0.05, 0.1) is 74.4 Å². The number of anilines is 2. The number of aromatic amines is 1. The summed E-state index contributed by atoms with van der Waals surface area (Å²) in [6.45, 7) is 13.7. The number of methoxy groups -OCH3 is 2. The molecule has 5 heterocycles. The predicted octanol–water partition coefficient (Wildman–Crippen LogP) is 1.15. The van der Waals surface area contributed by atoms with Gasteiger partial charge in [0.2, 0.25) is 59.1 Å². The van der Waals surface area contributed by atoms with Gasteiger partial charge in [0.15, 0.2) is 20.1 Å². The van der Waals surface area contributed by atoms with Gasteiger partial charge in [0, 0.05) is 90.4 Å². The van der Waals surface area contributed by atoms with E-state index in [-0.39, 0.29) is 94.8 Å². The fraction of sp³-hybridized carbons (Fsp3) is 0.587. The summed E-state index contributed by atoms with van der Waals surface area (Å²) in [4.78, 5) is 174. The highest BCUT2D eigenvalue weighted by molar-refractivity contribution is 6.02. The van der Waals surface area contributed by atoms with E-state index in [0.29, 0.717) is 59.6 Å². The maximum Gasteiger partial charge on any atom is 0.410 e. The van der Waals surface area contributed by atoms with Crippen molar-refractivity contribution in [1.82, 2.24) is 62.0 Å². The van der Waals surface area contributed by atoms with Gasteiger partial charge in [-0.1, -0.05) is 159 Å². The minimum atomic E-state index is -1.91. The van der Waals surface area contributed by atoms with Gasteiger partial charge in [-0.25, -0.2) is 9.59 Å². The number of hydrogen-bond acceptors (Lipinski definition) is 28. The number of para-hydroxylation sites is 1. The van der Waals surface area contributed by atoms with E-state index in [0.717, 1.165) is 21.1 Å². The molecule has 0 aliphatic carbocycles. The number of benzene rings is 4. The average molecular weight is 1870 g/mol. The lowest BCUT2D eigenvalue weighted by Crippen LogP contribution is -2.60. The summed E-state index contributed by atoms with van der Waals surface area (Å²) >= 11 is 0. The Morgan fingerprint density at radius 1 is 0.624 bits per heavy atom. The quantitative estimate of drug-likeness (QED) is 0.0243. The number of nitrogens with zero attached hydrogens (tertiary/aromatic N) is 6. The third-order valence-corrected chi connectivity index (χ3v) is 24.6. The largest absolute Gasteiger partial charge is 0.479 e. The van der Waals surface area contributed by atoms with Crippen molar-refractivity contribution in [2.75, 3.05) is 78.0 Å². The minimum Gasteiger partial charge on any atom is -0.479 e. The molecule has 1 unspecified atom stereocenters. The monoisotopic (exact) mass is 1860 g/mol. The van der Waals surface area contributed by atoms with Crippen molar-refractivity contribution in [2.24, 2.45) is 29.6 Å². The number of likely N-dealkylation sites (N-methyl/N-ethyl adjacent to an activating group) is 2. The average Bonchev–Trinajstić information content (AvgIpc) is 1.56. The lowest BCUT2D eigenvalue weighted by molar-refractivity contribution is -0.301. The first-order valence-corrected chi connectivity index (χ1v) is 44.8. The van der Waals surface area contributed by atoms with Crippen LogP contribution in [0.15, 0.2) is 103 Å². The zero-order valence-electron chi connectivity index (χ0n) is 78.2. The second kappa shape index (κ2) is 49.8. The maximum absolute atomic E-state index is 15.1. The number of aliphatic hydroxyl groups is 7. The normalized spacial score (nSPS) is 22.3. The molecule has 41 heteroatoms. The second-order valence-corrected chi connectivity index (χ2v) is 35.0. The molecule has 4 aliphatic rings. The number of nitrogens with one attached hydrogen (secondary N) is 8. The molecule has 5 aromatic rings. The van der Waals surface area contributed by atoms with Crippen molar-refractivity contribution >= 4 is 82.5 Å². The number of H-pyrrole nitrogens is 1. The van der Waals surface area contributed by atoms with Crippen LogP contribution in [0.25, 0.3) is 22.5 Å². The van der Waals surface area contributed by atoms with Crippen LogP contribution in [0.5, 0.6) is 0 Å². The van der Waals surface area contributed by atoms with Crippen LogP contribution in [0, 0.1) is 29.6 Å². The molecule has 21 atom stereocenters. The highest BCUT2D eigenvalue weighted by Gasteiger charge is 2.50. The van der Waals surface area contributed by atoms with Gasteiger partial charge in [-0.05, 0) is 77.8 Å². The molecule has 4 aromatic carbocycles. The Hall–Kier alpha value is -11.1. The van der Waals surface area contributed by atoms with Gasteiger partial charge < -0.3 is 126 Å². The molecule has 0 spiro atoms. The summed E-state index contributed by atoms with van der Waals surface area (Å²) in [6, 6.07) is 21.4. The Balaban J connectivity index is 0.774. The Bertz CT molecular complexity index is 4800. The van der Waals surface area contributed by atoms with Gasteiger partial charge in [-0.3, -0.25) is 57.9 Å². The number of carboxylic acid groups (broad SMARTS) is 1. The summed E-state index contributed by atoms with van der Waals surface area (Å²) < 4.78 is 48.3. The standard InChI is InChI=1S/C92H130N14O27/c1-14-51(8)74(63(127-12)43-68(111)105-40-22-30-62(105)81(128-13)52(9)83(118)96-59(42-53-24-16-15-17-25-53)84(119)94-38-23-41-129-90-80(117)77(114)78(115)82(133-90)89(124)125)103(10)88(123)70(49(4)5)99-87(122)73(50(6)7)104(11)92(126)131-46-54-31-33-56(34-32-54)95-85(120)60(47-130-91-79(116)76(113)75(112)64(45-107)132-91)97-86(121)69(48(2)3)98-66(109)37-39-93-65(108)35-36-67(110)106-44-55-26-18-19-27-57(55)71-72(101-102-100-71)58-28-20-21-29-61(58)106/h15-21,24-29,31-34,48-52,59-60,62-64,69-70,73-82,90-91,107,112-117H,14,22-23,30,35-47H2,1-13H3,(H,93,108)(H,94,119)(H,95,120)(H,96,118)(H,97,121)(H,98,109)(H,99,122)(H,124,125)(H,100,101,102)/t51-,52+,59-,60-,62-,63+,64+,69-,70-,73-,74-,75+,76-,77-,78-,79+,80+,81+,82-,90?,91+/m0/s1/i/hT. The third kappa shape index (κ3) is 27.4. The van der Waals surface area contributed by atoms with Gasteiger partial charge in [-0.2, -0.15) is 0 Å². The molecule has 4 aliphatic heterocycles. The Morgan fingerprint density at radius 2 is 1.27 bits per heavy atom. The molecular weight excluding hydrogens is 1730 g/mol. The molecule has 0 radical (unpaired) electrons. The van der Waals surface area contributed by atoms with Crippen molar-refractivity contribution in [2.45, 2.75) is 249 Å². The van der Waals surface area contributed by atoms with E-state index in [1.165, 1.54) is 50.4 Å². The van der Waals surface area contributed by atoms with Crippen molar-refractivity contribution in [3.8, 4) is 22.5 Å². The topological polar surface area (TPSA) is 570 Å². The lowest BCUT2D eigenvalue weighted by atomic mass is 9.89. The number of likely N-dealkylation sites (tertiary alicyclic amines) is 1. The molecule has 0 bridgehead atoms. The highest BCUT2D eigenvalue weighted by atomic mass is 16.7. The van der Waals surface area contributed by atoms with E-state index in [1.54, 1.807) is 120 Å². The van der Waals surface area contributed by atoms with E-state index in [9.17, 15) is 93.6 Å². The third-order valence-electron chi connectivity index (χ3n) is 24.6. The van der Waals surface area contributed by atoms with Crippen LogP contribution in [0.3, 0.4) is 0 Å². The van der Waals surface area contributed by atoms with Crippen LogP contribution in [-0.4, -0.2) is 326 Å². The van der Waals surface area contributed by atoms with E-state index in [1.807, 2.05) is 38.1 Å². The van der Waals surface area contributed by atoms with Crippen LogP contribution in [-0.2, 0) is 105 Å². The summed E-state index contributed by atoms with van der Waals surface area (Å²) in [5.41, 5.74) is 4.59. The predicted molar refractivity (Wildman–Crippen MR) is 478 cm³/mol. The number of aliphatic carboxylic acids is 1. The Labute approximate surface area is 773 Å². The second-order valence-electron chi connectivity index (χ2n) is 35.0. The zero-order chi connectivity index (χ0) is 98.2. The van der Waals surface area contributed by atoms with Crippen LogP contribution >= 0.6 is 0 Å². The molecule has 3 saturated heterocycles. The summed E-state index contributed by atoms with van der Waals surface area (Å²) in [5.74, 6) is -10.5. The number of fused-ring (bicyclic) bond motifs is 5. The molecule has 730 valence electrons. The van der Waals surface area contributed by atoms with E-state index in [4.69, 9.17) is 34.6 Å². The number of ether oxygens (including phenoxy) is 7. The number of aromatic nitrogens is 3. The van der Waals surface area contributed by atoms with E-state index in [2.05, 4.69) is 47.5 Å². The number of rotatable bonds is 45. The van der Waals surface area contributed by atoms with Crippen molar-refractivity contribution in [3.63, 3.8) is 0 Å². The first-order chi connectivity index (χ1) is 63.7. The SMILES string of the molecule is [3H]n1nnc2c1-c1ccccc1CN(C(=O)CCC(=O)NCCC(=O)N[C@H](C(=O)N[C@@H](CO[C@@H]1O[C@H](CO)[C@@H](O)[C@H](O)[C@H]1O)C(=O)Nc1ccc(COC(=O)N(C)[C@H](C(=O)N[C@H](C(=O)N(C)[C@@H]([C@@H](C)CC)[C@@H](CC(=O)N3CCC[C@H]3[C@H](OC)[C@@H](C)C(=O)N[C@@H](Cc3ccccc3)C(=O)NCCCOC3O[C@H](C(=O)O)[C@@H](O)[C@H](O)[C@H]3O)OC)C(C)C)C(C)C)cc1)C(C)C)c1ccccc1-2. The van der Waals surface area contributed by atoms with Crippen LogP contribution in [0.4, 0.5) is 16.2 Å². The minimum absolute atomic E-state index is 0.00726. The van der Waals surface area contributed by atoms with Crippen LogP contribution in [0.2, 0.25) is 1.41 Å². The molecule has 9 rings (SSSR count). The van der Waals surface area contributed by atoms with Crippen molar-refractivity contribution < 1.29 is 133 Å². The number of carbonyl (C=O) groups excluding carboxylic acids is 11. The Morgan fingerprint density at radius 3 is 1.92 bits per heavy atom. The van der Waals surface area contributed by atoms with Crippen molar-refractivity contribution in [1.29, 1.82) is 0 Å². The molecular formula is C92H130N14O27. The van der Waals surface area contributed by atoms with E-state index >= 15 is 4.79 Å². The molecule has 133 heavy (non-hydrogen) atoms. The fourth-order valence-corrected chi connectivity index (χ4v) is 16.9. The fourth-order valence-electron chi connectivity index (χ4n) is 16.9. The molecule has 16 N–H and O–H groups in total. The first-order valence-electron chi connectivity index (χ1n) is 45.3. The number of amides is 11. The molecule has 11 amide bonds. The number of hydrogen-bond donors (Lipinski definition) is 16. The summed E-state index contributed by atoms with van der Waals surface area (Å²) in [6.07, 6.45) is -19.7. The number of carboxylic acids is 1. The summed E-state index contributed by atoms with van der Waals surface area (Å²) in [5, 5.41) is 110. The van der Waals surface area contributed by atoms with Crippen LogP contribution < -0.4 is 42.1 Å². The molecule has 41 nitrogen and oxygen atoms in total. The van der Waals surface area contributed by atoms with Gasteiger partial charge >= 0.3 is 12.1 Å². The number of aliphatic hydroxyl groups excluding tert-OH is 7. The van der Waals surface area contributed by atoms with Gasteiger partial charge in [0.1, 0.15) is 85.2 Å². The smallest absolute Gasteiger partial charge is 0.410 e. The van der Waals surface area contributed by atoms with Gasteiger partial charge in [0.25, 0.3) is 0 Å². The Kier molecular flexibility index (Phi) is 38.9. The highest BCUT2D eigenvalue weighted by Crippen LogP contribution is 2.41. The lowest BCUT2D eigenvalue weighted by Gasteiger charge is -2.41. The van der Waals surface area contributed by atoms with E-state index < -0.39 is 212 Å². The van der Waals surface area contributed by atoms with Crippen molar-refractivity contribution in [3.05, 3.63) is 120 Å². The molecule has 0 saturated carbocycles. The van der Waals surface area contributed by atoms with Gasteiger partial charge in [-0.15, -0.1) is 5.10 Å². The maximum atomic E-state index is 15.1. The molecule has 1 aromatic heterocycles.